The van der Waals surface area contributed by atoms with Crippen LogP contribution in [0.5, 0.6) is 0 Å². The molecule has 0 bridgehead atoms. The van der Waals surface area contributed by atoms with Crippen molar-refractivity contribution in [2.45, 2.75) is 38.6 Å². The maximum Gasteiger partial charge on any atom is 0.316 e. The van der Waals surface area contributed by atoms with Gasteiger partial charge in [-0.2, -0.15) is 0 Å². The fraction of sp³-hybridized carbons (Fsp3) is 0.833. The number of nitrogens with zero attached hydrogens (tertiary/aromatic N) is 1. The topological polar surface area (TPSA) is 46.6 Å². The molecule has 2 fully saturated rings. The van der Waals surface area contributed by atoms with Crippen LogP contribution in [0.2, 0.25) is 0 Å². The van der Waals surface area contributed by atoms with Gasteiger partial charge in [0, 0.05) is 6.04 Å². The molecule has 4 heteroatoms. The predicted octanol–water partition coefficient (Wildman–Crippen LogP) is 0.993. The van der Waals surface area contributed by atoms with E-state index in [0.717, 1.165) is 25.8 Å². The molecule has 2 saturated heterocycles. The average Bonchev–Trinajstić information content (AvgIpc) is 2.71. The van der Waals surface area contributed by atoms with Gasteiger partial charge in [-0.3, -0.25) is 14.5 Å². The van der Waals surface area contributed by atoms with E-state index in [2.05, 4.69) is 4.90 Å². The summed E-state index contributed by atoms with van der Waals surface area (Å²) < 4.78 is 5.07. The van der Waals surface area contributed by atoms with E-state index < -0.39 is 5.92 Å². The Balaban J connectivity index is 1.94. The zero-order chi connectivity index (χ0) is 11.5. The van der Waals surface area contributed by atoms with Gasteiger partial charge in [-0.1, -0.05) is 6.92 Å². The number of ether oxygens (including phenoxy) is 1. The lowest BCUT2D eigenvalue weighted by atomic mass is 9.90. The molecule has 4 nitrogen and oxygen atoms in total. The first-order valence-corrected chi connectivity index (χ1v) is 6.15. The highest BCUT2D eigenvalue weighted by Crippen LogP contribution is 2.29. The lowest BCUT2D eigenvalue weighted by Crippen LogP contribution is -2.47. The highest BCUT2D eigenvalue weighted by molar-refractivity contribution is 6.00. The van der Waals surface area contributed by atoms with Crippen LogP contribution in [0.25, 0.3) is 0 Å². The van der Waals surface area contributed by atoms with Gasteiger partial charge in [-0.05, 0) is 32.2 Å². The highest BCUT2D eigenvalue weighted by Gasteiger charge is 2.40. The Bertz CT molecular complexity index is 290. The Morgan fingerprint density at radius 3 is 3.12 bits per heavy atom. The number of esters is 1. The zero-order valence-corrected chi connectivity index (χ0v) is 9.78. The van der Waals surface area contributed by atoms with E-state index >= 15 is 0 Å². The third-order valence-corrected chi connectivity index (χ3v) is 3.49. The molecule has 2 aliphatic heterocycles. The van der Waals surface area contributed by atoms with Crippen LogP contribution in [0.4, 0.5) is 0 Å². The molecule has 0 amide bonds. The fourth-order valence-electron chi connectivity index (χ4n) is 2.62. The summed E-state index contributed by atoms with van der Waals surface area (Å²) in [5, 5.41) is 0. The number of ketones is 1. The Morgan fingerprint density at radius 1 is 1.56 bits per heavy atom. The quantitative estimate of drug-likeness (QED) is 0.531. The van der Waals surface area contributed by atoms with Crippen molar-refractivity contribution in [1.82, 2.24) is 4.90 Å². The van der Waals surface area contributed by atoms with Gasteiger partial charge in [0.15, 0.2) is 5.78 Å². The van der Waals surface area contributed by atoms with Crippen molar-refractivity contribution in [3.05, 3.63) is 0 Å². The maximum absolute atomic E-state index is 11.8. The van der Waals surface area contributed by atoms with Crippen molar-refractivity contribution in [3.63, 3.8) is 0 Å². The summed E-state index contributed by atoms with van der Waals surface area (Å²) in [6.07, 6.45) is 3.74. The van der Waals surface area contributed by atoms with Crippen LogP contribution in [0.15, 0.2) is 0 Å². The van der Waals surface area contributed by atoms with Crippen molar-refractivity contribution < 1.29 is 14.3 Å². The lowest BCUT2D eigenvalue weighted by molar-refractivity contribution is -0.154. The first-order chi connectivity index (χ1) is 7.72. The third-order valence-electron chi connectivity index (χ3n) is 3.49. The molecule has 0 aliphatic carbocycles. The summed E-state index contributed by atoms with van der Waals surface area (Å²) in [6, 6.07) is 0.428. The Morgan fingerprint density at radius 2 is 2.38 bits per heavy atom. The van der Waals surface area contributed by atoms with Crippen LogP contribution in [-0.4, -0.2) is 42.4 Å². The molecule has 0 N–H and O–H groups in total. The van der Waals surface area contributed by atoms with Gasteiger partial charge in [0.05, 0.1) is 13.2 Å². The number of carbonyl (C=O) groups is 2. The van der Waals surface area contributed by atoms with Gasteiger partial charge >= 0.3 is 5.97 Å². The number of carbonyl (C=O) groups excluding carboxylic acids is 2. The van der Waals surface area contributed by atoms with E-state index in [1.165, 1.54) is 0 Å². The van der Waals surface area contributed by atoms with E-state index in [9.17, 15) is 9.59 Å². The first-order valence-electron chi connectivity index (χ1n) is 6.15. The molecule has 2 atom stereocenters. The molecule has 0 radical (unpaired) electrons. The fourth-order valence-corrected chi connectivity index (χ4v) is 2.62. The molecule has 2 aliphatic rings. The second kappa shape index (κ2) is 4.95. The molecule has 0 aromatic rings. The minimum absolute atomic E-state index is 0.0410. The van der Waals surface area contributed by atoms with Crippen molar-refractivity contribution in [3.8, 4) is 0 Å². The minimum atomic E-state index is -0.495. The van der Waals surface area contributed by atoms with Gasteiger partial charge < -0.3 is 4.74 Å². The second-order valence-electron chi connectivity index (χ2n) is 4.69. The summed E-state index contributed by atoms with van der Waals surface area (Å²) in [4.78, 5) is 25.7. The van der Waals surface area contributed by atoms with Gasteiger partial charge in [0.1, 0.15) is 5.92 Å². The van der Waals surface area contributed by atoms with E-state index in [4.69, 9.17) is 4.74 Å². The molecule has 2 rings (SSSR count). The molecule has 16 heavy (non-hydrogen) atoms. The molecule has 0 spiro atoms. The summed E-state index contributed by atoms with van der Waals surface area (Å²) in [5.74, 6) is -0.761. The number of Topliss-reactive ketones (excluding diaryl/α,β-unsaturated/α-hetero) is 1. The Labute approximate surface area is 95.9 Å². The van der Waals surface area contributed by atoms with Crippen molar-refractivity contribution in [1.29, 1.82) is 0 Å². The van der Waals surface area contributed by atoms with Crippen molar-refractivity contribution in [2.24, 2.45) is 5.92 Å². The van der Waals surface area contributed by atoms with Crippen LogP contribution in [0.1, 0.15) is 32.6 Å². The van der Waals surface area contributed by atoms with Crippen LogP contribution in [0, 0.1) is 5.92 Å². The number of hydrogen-bond donors (Lipinski definition) is 0. The van der Waals surface area contributed by atoms with E-state index in [0.29, 0.717) is 25.6 Å². The summed E-state index contributed by atoms with van der Waals surface area (Å²) >= 11 is 0. The van der Waals surface area contributed by atoms with Crippen LogP contribution in [-0.2, 0) is 14.3 Å². The van der Waals surface area contributed by atoms with Gasteiger partial charge in [0.25, 0.3) is 0 Å². The molecule has 2 heterocycles. The average molecular weight is 225 g/mol. The molecular formula is C12H19NO3. The highest BCUT2D eigenvalue weighted by atomic mass is 16.5. The zero-order valence-electron chi connectivity index (χ0n) is 9.78. The lowest BCUT2D eigenvalue weighted by Gasteiger charge is -2.32. The van der Waals surface area contributed by atoms with Crippen LogP contribution < -0.4 is 0 Å². The standard InChI is InChI=1S/C12H19NO3/c1-2-6-16-12(15)10-7-9-4-3-5-13(9)8-11(10)14/h9-10H,2-8H2,1H3. The molecular weight excluding hydrogens is 206 g/mol. The first kappa shape index (κ1) is 11.6. The summed E-state index contributed by atoms with van der Waals surface area (Å²) in [6.45, 7) is 3.83. The molecule has 90 valence electrons. The Hall–Kier alpha value is -0.900. The normalized spacial score (nSPS) is 30.2. The SMILES string of the molecule is CCCOC(=O)C1CC2CCCN2CC1=O. The summed E-state index contributed by atoms with van der Waals surface area (Å²) in [5.41, 5.74) is 0. The largest absolute Gasteiger partial charge is 0.465 e. The van der Waals surface area contributed by atoms with E-state index in [1.54, 1.807) is 0 Å². The third kappa shape index (κ3) is 2.26. The number of rotatable bonds is 3. The van der Waals surface area contributed by atoms with Gasteiger partial charge in [-0.25, -0.2) is 0 Å². The van der Waals surface area contributed by atoms with Crippen molar-refractivity contribution in [2.75, 3.05) is 19.7 Å². The minimum Gasteiger partial charge on any atom is -0.465 e. The molecule has 0 saturated carbocycles. The molecule has 0 aromatic heterocycles. The summed E-state index contributed by atoms with van der Waals surface area (Å²) in [7, 11) is 0. The van der Waals surface area contributed by atoms with E-state index in [-0.39, 0.29) is 11.8 Å². The van der Waals surface area contributed by atoms with E-state index in [1.807, 2.05) is 6.92 Å². The van der Waals surface area contributed by atoms with Crippen molar-refractivity contribution >= 4 is 11.8 Å². The van der Waals surface area contributed by atoms with Crippen LogP contribution >= 0.6 is 0 Å². The number of hydrogen-bond acceptors (Lipinski definition) is 4. The molecule has 2 unspecified atom stereocenters. The van der Waals surface area contributed by atoms with Gasteiger partial charge in [0.2, 0.25) is 0 Å². The second-order valence-corrected chi connectivity index (χ2v) is 4.69. The molecule has 0 aromatic carbocycles. The number of piperidine rings is 1. The Kier molecular flexibility index (Phi) is 3.59. The van der Waals surface area contributed by atoms with Gasteiger partial charge in [-0.15, -0.1) is 0 Å². The number of fused-ring (bicyclic) bond motifs is 1. The smallest absolute Gasteiger partial charge is 0.316 e. The maximum atomic E-state index is 11.8. The van der Waals surface area contributed by atoms with Crippen LogP contribution in [0.3, 0.4) is 0 Å². The monoisotopic (exact) mass is 225 g/mol. The predicted molar refractivity (Wildman–Crippen MR) is 59.0 cm³/mol.